The SMILES string of the molecule is Cc1cc(=O)c(C(=O)Nc2ccc(F)cc2C)c[nH]1. The first kappa shape index (κ1) is 13.0. The lowest BCUT2D eigenvalue weighted by Gasteiger charge is -2.08. The Labute approximate surface area is 109 Å². The minimum absolute atomic E-state index is 0.0225. The van der Waals surface area contributed by atoms with Crippen LogP contribution < -0.4 is 10.7 Å². The molecule has 1 amide bonds. The largest absolute Gasteiger partial charge is 0.364 e. The molecule has 0 aliphatic rings. The fourth-order valence-electron chi connectivity index (χ4n) is 1.71. The van der Waals surface area contributed by atoms with Gasteiger partial charge in [0.1, 0.15) is 11.4 Å². The van der Waals surface area contributed by atoms with E-state index >= 15 is 0 Å². The van der Waals surface area contributed by atoms with E-state index in [1.54, 1.807) is 13.8 Å². The Morgan fingerprint density at radius 3 is 2.63 bits per heavy atom. The summed E-state index contributed by atoms with van der Waals surface area (Å²) in [4.78, 5) is 26.4. The van der Waals surface area contributed by atoms with Crippen molar-refractivity contribution in [1.82, 2.24) is 4.98 Å². The predicted molar refractivity (Wildman–Crippen MR) is 70.9 cm³/mol. The molecular weight excluding hydrogens is 247 g/mol. The van der Waals surface area contributed by atoms with Crippen LogP contribution in [-0.2, 0) is 0 Å². The van der Waals surface area contributed by atoms with Gasteiger partial charge in [-0.25, -0.2) is 4.39 Å². The quantitative estimate of drug-likeness (QED) is 0.870. The van der Waals surface area contributed by atoms with E-state index in [1.807, 2.05) is 0 Å². The molecule has 0 saturated carbocycles. The molecule has 2 N–H and O–H groups in total. The van der Waals surface area contributed by atoms with Crippen LogP contribution in [0.2, 0.25) is 0 Å². The molecule has 0 fully saturated rings. The fraction of sp³-hybridized carbons (Fsp3) is 0.143. The molecule has 19 heavy (non-hydrogen) atoms. The Bertz CT molecular complexity index is 692. The highest BCUT2D eigenvalue weighted by atomic mass is 19.1. The monoisotopic (exact) mass is 260 g/mol. The number of aryl methyl sites for hydroxylation is 2. The third-order valence-corrected chi connectivity index (χ3v) is 2.74. The lowest BCUT2D eigenvalue weighted by molar-refractivity contribution is 0.102. The van der Waals surface area contributed by atoms with E-state index in [2.05, 4.69) is 10.3 Å². The number of benzene rings is 1. The van der Waals surface area contributed by atoms with Crippen molar-refractivity contribution >= 4 is 11.6 Å². The Hall–Kier alpha value is -2.43. The molecule has 0 radical (unpaired) electrons. The van der Waals surface area contributed by atoms with Gasteiger partial charge < -0.3 is 10.3 Å². The maximum atomic E-state index is 12.9. The minimum atomic E-state index is -0.518. The van der Waals surface area contributed by atoms with E-state index in [9.17, 15) is 14.0 Å². The van der Waals surface area contributed by atoms with E-state index in [0.29, 0.717) is 16.9 Å². The fourth-order valence-corrected chi connectivity index (χ4v) is 1.71. The summed E-state index contributed by atoms with van der Waals surface area (Å²) in [5, 5.41) is 2.59. The third kappa shape index (κ3) is 2.88. The van der Waals surface area contributed by atoms with Gasteiger partial charge in [-0.05, 0) is 37.6 Å². The van der Waals surface area contributed by atoms with Crippen molar-refractivity contribution in [3.8, 4) is 0 Å². The average Bonchev–Trinajstić information content (AvgIpc) is 2.32. The van der Waals surface area contributed by atoms with Gasteiger partial charge >= 0.3 is 0 Å². The molecule has 2 rings (SSSR count). The molecule has 1 heterocycles. The third-order valence-electron chi connectivity index (χ3n) is 2.74. The van der Waals surface area contributed by atoms with Crippen molar-refractivity contribution in [3.63, 3.8) is 0 Å². The first-order valence-corrected chi connectivity index (χ1v) is 5.74. The van der Waals surface area contributed by atoms with Gasteiger partial charge in [0.25, 0.3) is 5.91 Å². The number of halogens is 1. The summed E-state index contributed by atoms with van der Waals surface area (Å²) in [7, 11) is 0. The van der Waals surface area contributed by atoms with E-state index in [1.165, 1.54) is 30.5 Å². The van der Waals surface area contributed by atoms with Crippen LogP contribution in [0.4, 0.5) is 10.1 Å². The molecule has 0 aliphatic carbocycles. The maximum Gasteiger partial charge on any atom is 0.261 e. The lowest BCUT2D eigenvalue weighted by atomic mass is 10.1. The van der Waals surface area contributed by atoms with E-state index in [0.717, 1.165) is 0 Å². The lowest BCUT2D eigenvalue weighted by Crippen LogP contribution is -2.21. The van der Waals surface area contributed by atoms with Crippen LogP contribution in [0.15, 0.2) is 35.3 Å². The summed E-state index contributed by atoms with van der Waals surface area (Å²) in [6, 6.07) is 5.38. The first-order chi connectivity index (χ1) is 8.97. The van der Waals surface area contributed by atoms with Crippen LogP contribution in [0.1, 0.15) is 21.6 Å². The van der Waals surface area contributed by atoms with Crippen molar-refractivity contribution in [2.45, 2.75) is 13.8 Å². The van der Waals surface area contributed by atoms with Crippen LogP contribution in [0.25, 0.3) is 0 Å². The summed E-state index contributed by atoms with van der Waals surface area (Å²) in [6.45, 7) is 3.41. The summed E-state index contributed by atoms with van der Waals surface area (Å²) < 4.78 is 12.9. The number of H-pyrrole nitrogens is 1. The van der Waals surface area contributed by atoms with Crippen LogP contribution in [0.3, 0.4) is 0 Å². The van der Waals surface area contributed by atoms with Gasteiger partial charge in [-0.15, -0.1) is 0 Å². The number of aromatic amines is 1. The molecule has 0 unspecified atom stereocenters. The first-order valence-electron chi connectivity index (χ1n) is 5.74. The second-order valence-electron chi connectivity index (χ2n) is 4.31. The number of nitrogens with one attached hydrogen (secondary N) is 2. The minimum Gasteiger partial charge on any atom is -0.364 e. The molecule has 1 aromatic carbocycles. The number of hydrogen-bond acceptors (Lipinski definition) is 2. The average molecular weight is 260 g/mol. The second kappa shape index (κ2) is 5.06. The van der Waals surface area contributed by atoms with Gasteiger partial charge in [-0.1, -0.05) is 0 Å². The highest BCUT2D eigenvalue weighted by molar-refractivity contribution is 6.04. The zero-order chi connectivity index (χ0) is 14.0. The second-order valence-corrected chi connectivity index (χ2v) is 4.31. The van der Waals surface area contributed by atoms with Gasteiger partial charge in [0.2, 0.25) is 0 Å². The van der Waals surface area contributed by atoms with Gasteiger partial charge in [0, 0.05) is 23.6 Å². The number of carbonyl (C=O) groups excluding carboxylic acids is 1. The molecular formula is C14H13FN2O2. The van der Waals surface area contributed by atoms with Gasteiger partial charge in [0.05, 0.1) is 0 Å². The number of anilines is 1. The van der Waals surface area contributed by atoms with Crippen LogP contribution in [-0.4, -0.2) is 10.9 Å². The number of amides is 1. The highest BCUT2D eigenvalue weighted by Gasteiger charge is 2.11. The molecule has 1 aromatic heterocycles. The Morgan fingerprint density at radius 1 is 1.26 bits per heavy atom. The van der Waals surface area contributed by atoms with Gasteiger partial charge in [0.15, 0.2) is 5.43 Å². The molecule has 0 bridgehead atoms. The Balaban J connectivity index is 2.28. The van der Waals surface area contributed by atoms with E-state index in [4.69, 9.17) is 0 Å². The van der Waals surface area contributed by atoms with Crippen molar-refractivity contribution in [2.24, 2.45) is 0 Å². The molecule has 0 saturated heterocycles. The van der Waals surface area contributed by atoms with E-state index in [-0.39, 0.29) is 16.8 Å². The zero-order valence-corrected chi connectivity index (χ0v) is 10.6. The normalized spacial score (nSPS) is 10.3. The van der Waals surface area contributed by atoms with Crippen molar-refractivity contribution in [1.29, 1.82) is 0 Å². The van der Waals surface area contributed by atoms with Crippen LogP contribution >= 0.6 is 0 Å². The molecule has 98 valence electrons. The van der Waals surface area contributed by atoms with Crippen LogP contribution in [0.5, 0.6) is 0 Å². The maximum absolute atomic E-state index is 12.9. The number of carbonyl (C=O) groups is 1. The molecule has 5 heteroatoms. The summed E-state index contributed by atoms with van der Waals surface area (Å²) in [5.41, 5.74) is 1.42. The highest BCUT2D eigenvalue weighted by Crippen LogP contribution is 2.16. The van der Waals surface area contributed by atoms with E-state index < -0.39 is 5.91 Å². The summed E-state index contributed by atoms with van der Waals surface area (Å²) in [6.07, 6.45) is 1.37. The topological polar surface area (TPSA) is 62.0 Å². The summed E-state index contributed by atoms with van der Waals surface area (Å²) >= 11 is 0. The van der Waals surface area contributed by atoms with Crippen molar-refractivity contribution in [3.05, 3.63) is 63.3 Å². The number of aromatic nitrogens is 1. The van der Waals surface area contributed by atoms with Crippen LogP contribution in [0, 0.1) is 19.7 Å². The molecule has 2 aromatic rings. The number of rotatable bonds is 2. The number of hydrogen-bond donors (Lipinski definition) is 2. The molecule has 0 spiro atoms. The summed E-state index contributed by atoms with van der Waals surface area (Å²) in [5.74, 6) is -0.889. The van der Waals surface area contributed by atoms with Gasteiger partial charge in [-0.3, -0.25) is 9.59 Å². The van der Waals surface area contributed by atoms with Gasteiger partial charge in [-0.2, -0.15) is 0 Å². The Morgan fingerprint density at radius 2 is 2.00 bits per heavy atom. The van der Waals surface area contributed by atoms with Crippen molar-refractivity contribution in [2.75, 3.05) is 5.32 Å². The molecule has 4 nitrogen and oxygen atoms in total. The zero-order valence-electron chi connectivity index (χ0n) is 10.6. The predicted octanol–water partition coefficient (Wildman–Crippen LogP) is 2.38. The molecule has 0 aliphatic heterocycles. The Kier molecular flexibility index (Phi) is 3.46. The molecule has 0 atom stereocenters. The number of pyridine rings is 1. The smallest absolute Gasteiger partial charge is 0.261 e. The standard InChI is InChI=1S/C14H13FN2O2/c1-8-5-10(15)3-4-12(8)17-14(19)11-7-16-9(2)6-13(11)18/h3-7H,1-2H3,(H,16,18)(H,17,19). The van der Waals surface area contributed by atoms with Crippen molar-refractivity contribution < 1.29 is 9.18 Å².